The van der Waals surface area contributed by atoms with Gasteiger partial charge in [0, 0.05) is 17.4 Å². The quantitative estimate of drug-likeness (QED) is 0.332. The Morgan fingerprint density at radius 2 is 1.83 bits per heavy atom. The molecule has 3 fully saturated rings. The third-order valence-electron chi connectivity index (χ3n) is 6.67. The lowest BCUT2D eigenvalue weighted by atomic mass is 9.97. The summed E-state index contributed by atoms with van der Waals surface area (Å²) in [7, 11) is 0. The van der Waals surface area contributed by atoms with Crippen molar-refractivity contribution in [3.63, 3.8) is 0 Å². The monoisotopic (exact) mass is 409 g/mol. The number of amides is 3. The number of nitro benzene ring substituents is 1. The molecule has 2 aromatic rings. The Balaban J connectivity index is 1.66. The number of nitrogens with zero attached hydrogens (tertiary/aromatic N) is 4. The fourth-order valence-electron chi connectivity index (χ4n) is 5.29. The van der Waals surface area contributed by atoms with Gasteiger partial charge in [-0.2, -0.15) is 4.90 Å². The number of Topliss-reactive ketones (excluding diaryl/α,β-unsaturated/α-hetero) is 1. The van der Waals surface area contributed by atoms with Gasteiger partial charge in [-0.15, -0.1) is 0 Å². The molecule has 3 amide bonds. The molecule has 1 spiro atoms. The molecule has 0 aromatic heterocycles. The molecule has 3 heterocycles. The van der Waals surface area contributed by atoms with Gasteiger partial charge in [-0.25, -0.2) is 14.2 Å². The topological polar surface area (TPSA) is 101 Å². The second-order valence-electron chi connectivity index (χ2n) is 8.56. The first-order valence-corrected chi connectivity index (χ1v) is 9.95. The lowest BCUT2D eigenvalue weighted by molar-refractivity contribution is -0.853. The zero-order valence-corrected chi connectivity index (χ0v) is 16.6. The zero-order valence-electron chi connectivity index (χ0n) is 16.6. The first-order valence-electron chi connectivity index (χ1n) is 9.95. The fourth-order valence-corrected chi connectivity index (χ4v) is 5.29. The number of rotatable bonds is 4. The van der Waals surface area contributed by atoms with Gasteiger partial charge in [-0.1, -0.05) is 32.0 Å². The average molecular weight is 409 g/mol. The summed E-state index contributed by atoms with van der Waals surface area (Å²) in [5.41, 5.74) is 0.253. The third-order valence-corrected chi connectivity index (χ3v) is 6.67. The van der Waals surface area contributed by atoms with E-state index in [9.17, 15) is 24.5 Å². The van der Waals surface area contributed by atoms with Gasteiger partial charge in [0.25, 0.3) is 11.6 Å². The van der Waals surface area contributed by atoms with Crippen LogP contribution in [-0.4, -0.2) is 63.9 Å². The predicted octanol–water partition coefficient (Wildman–Crippen LogP) is 2.28. The molecule has 4 atom stereocenters. The van der Waals surface area contributed by atoms with E-state index in [0.29, 0.717) is 36.2 Å². The van der Waals surface area contributed by atoms with Crippen LogP contribution in [0.5, 0.6) is 0 Å². The Morgan fingerprint density at radius 3 is 2.50 bits per heavy atom. The van der Waals surface area contributed by atoms with Crippen molar-refractivity contribution < 1.29 is 23.8 Å². The number of hydrogen-bond donors (Lipinski definition) is 0. The lowest BCUT2D eigenvalue weighted by Crippen LogP contribution is -2.63. The van der Waals surface area contributed by atoms with Crippen molar-refractivity contribution in [1.82, 2.24) is 4.90 Å². The number of piperazine rings is 1. The van der Waals surface area contributed by atoms with Gasteiger partial charge in [0.15, 0.2) is 17.9 Å². The highest BCUT2D eigenvalue weighted by Gasteiger charge is 2.73. The Morgan fingerprint density at radius 1 is 1.13 bits per heavy atom. The SMILES string of the molecule is CC(C)C(=O)C1CN2CC3C(=O)N(c4ccc([N+](=O)[O-])c5ccccc45)C(=O)[N+]13C2. The van der Waals surface area contributed by atoms with Crippen molar-refractivity contribution in [3.05, 3.63) is 46.5 Å². The molecule has 30 heavy (non-hydrogen) atoms. The van der Waals surface area contributed by atoms with Crippen molar-refractivity contribution >= 4 is 39.9 Å². The molecular formula is C21H21N4O5+. The van der Waals surface area contributed by atoms with Crippen molar-refractivity contribution in [2.45, 2.75) is 25.9 Å². The molecule has 0 N–H and O–H groups in total. The van der Waals surface area contributed by atoms with Crippen molar-refractivity contribution in [1.29, 1.82) is 0 Å². The number of urea groups is 1. The summed E-state index contributed by atoms with van der Waals surface area (Å²) in [5.74, 6) is -0.595. The maximum atomic E-state index is 13.7. The first-order chi connectivity index (χ1) is 14.3. The molecule has 4 unspecified atom stereocenters. The standard InChI is InChI=1S/C21H21N4O5/c1-12(2)19(26)17-9-22-10-18-20(27)23(21(28)25(17,18)11-22)15-7-8-16(24(29)30)14-6-4-3-5-13(14)15/h3-8,12,17-18H,9-11H2,1-2H3/q+1. The van der Waals surface area contributed by atoms with E-state index < -0.39 is 23.0 Å². The Bertz CT molecular complexity index is 1150. The van der Waals surface area contributed by atoms with Gasteiger partial charge in [0.1, 0.15) is 6.67 Å². The summed E-state index contributed by atoms with van der Waals surface area (Å²) in [4.78, 5) is 54.2. The number of nitro groups is 1. The summed E-state index contributed by atoms with van der Waals surface area (Å²) < 4.78 is -0.179. The van der Waals surface area contributed by atoms with Crippen molar-refractivity contribution in [3.8, 4) is 0 Å². The Labute approximate surface area is 172 Å². The number of carbonyl (C=O) groups is 3. The van der Waals surface area contributed by atoms with Crippen LogP contribution in [0.15, 0.2) is 36.4 Å². The molecule has 9 heteroatoms. The lowest BCUT2D eigenvalue weighted by Gasteiger charge is -2.33. The van der Waals surface area contributed by atoms with Gasteiger partial charge >= 0.3 is 6.03 Å². The molecule has 0 radical (unpaired) electrons. The van der Waals surface area contributed by atoms with Gasteiger partial charge in [0.2, 0.25) is 0 Å². The number of anilines is 1. The smallest absolute Gasteiger partial charge is 0.293 e. The van der Waals surface area contributed by atoms with Gasteiger partial charge in [-0.05, 0) is 12.1 Å². The van der Waals surface area contributed by atoms with E-state index >= 15 is 0 Å². The second kappa shape index (κ2) is 6.16. The van der Waals surface area contributed by atoms with Crippen LogP contribution in [0.1, 0.15) is 13.8 Å². The maximum absolute atomic E-state index is 13.7. The minimum absolute atomic E-state index is 0.0150. The zero-order chi connectivity index (χ0) is 21.4. The molecule has 0 aliphatic carbocycles. The summed E-state index contributed by atoms with van der Waals surface area (Å²) >= 11 is 0. The van der Waals surface area contributed by atoms with Crippen molar-refractivity contribution in [2.75, 3.05) is 24.7 Å². The van der Waals surface area contributed by atoms with Gasteiger partial charge < -0.3 is 0 Å². The summed E-state index contributed by atoms with van der Waals surface area (Å²) in [6, 6.07) is 7.88. The molecular weight excluding hydrogens is 388 g/mol. The number of benzene rings is 2. The van der Waals surface area contributed by atoms with E-state index in [2.05, 4.69) is 0 Å². The summed E-state index contributed by atoms with van der Waals surface area (Å²) in [5, 5.41) is 12.3. The van der Waals surface area contributed by atoms with E-state index in [4.69, 9.17) is 0 Å². The van der Waals surface area contributed by atoms with Crippen LogP contribution in [0.4, 0.5) is 16.2 Å². The molecule has 3 aliphatic rings. The highest BCUT2D eigenvalue weighted by Crippen LogP contribution is 2.45. The van der Waals surface area contributed by atoms with E-state index in [1.807, 2.05) is 18.7 Å². The molecule has 3 saturated heterocycles. The van der Waals surface area contributed by atoms with Crippen LogP contribution in [0.3, 0.4) is 0 Å². The minimum atomic E-state index is -0.618. The number of non-ortho nitro benzene ring substituents is 1. The Kier molecular flexibility index (Phi) is 3.87. The maximum Gasteiger partial charge on any atom is 0.433 e. The van der Waals surface area contributed by atoms with Gasteiger partial charge in [0.05, 0.1) is 29.1 Å². The number of ketones is 1. The molecule has 9 nitrogen and oxygen atoms in total. The van der Waals surface area contributed by atoms with E-state index in [1.54, 1.807) is 24.3 Å². The van der Waals surface area contributed by atoms with Gasteiger partial charge in [-0.3, -0.25) is 19.7 Å². The number of imide groups is 1. The summed E-state index contributed by atoms with van der Waals surface area (Å²) in [6.45, 7) is 4.87. The van der Waals surface area contributed by atoms with E-state index in [0.717, 1.165) is 4.90 Å². The average Bonchev–Trinajstić information content (AvgIpc) is 3.35. The normalized spacial score (nSPS) is 29.8. The van der Waals surface area contributed by atoms with E-state index in [1.165, 1.54) is 12.1 Å². The molecule has 5 rings (SSSR count). The van der Waals surface area contributed by atoms with E-state index in [-0.39, 0.29) is 27.8 Å². The van der Waals surface area contributed by atoms with Crippen LogP contribution in [0.2, 0.25) is 0 Å². The molecule has 154 valence electrons. The highest BCUT2D eigenvalue weighted by atomic mass is 16.6. The Hall–Kier alpha value is -3.17. The third kappa shape index (κ3) is 2.21. The number of quaternary nitrogens is 1. The minimum Gasteiger partial charge on any atom is -0.293 e. The van der Waals surface area contributed by atoms with Crippen LogP contribution in [-0.2, 0) is 9.59 Å². The van der Waals surface area contributed by atoms with Crippen LogP contribution in [0, 0.1) is 16.0 Å². The predicted molar refractivity (Wildman–Crippen MR) is 108 cm³/mol. The summed E-state index contributed by atoms with van der Waals surface area (Å²) in [6.07, 6.45) is 0. The fraction of sp³-hybridized carbons (Fsp3) is 0.381. The van der Waals surface area contributed by atoms with Crippen LogP contribution >= 0.6 is 0 Å². The second-order valence-corrected chi connectivity index (χ2v) is 8.56. The molecule has 0 saturated carbocycles. The number of fused-ring (bicyclic) bond motifs is 2. The molecule has 3 aliphatic heterocycles. The number of hydrogen-bond acceptors (Lipinski definition) is 6. The van der Waals surface area contributed by atoms with Crippen LogP contribution in [0.25, 0.3) is 10.8 Å². The highest BCUT2D eigenvalue weighted by molar-refractivity contribution is 6.22. The number of carbonyl (C=O) groups excluding carboxylic acids is 3. The largest absolute Gasteiger partial charge is 0.433 e. The van der Waals surface area contributed by atoms with Crippen molar-refractivity contribution in [2.24, 2.45) is 5.92 Å². The first kappa shape index (κ1) is 18.8. The molecule has 2 bridgehead atoms. The molecule has 2 aromatic carbocycles. The van der Waals surface area contributed by atoms with Crippen LogP contribution < -0.4 is 4.90 Å².